The molecule has 0 amide bonds. The quantitative estimate of drug-likeness (QED) is 0.133. The Morgan fingerprint density at radius 2 is 1.84 bits per heavy atom. The molecule has 1 aliphatic rings. The van der Waals surface area contributed by atoms with Gasteiger partial charge in [0.15, 0.2) is 5.96 Å². The molecule has 0 aliphatic carbocycles. The molecule has 1 aromatic rings. The van der Waals surface area contributed by atoms with E-state index in [4.69, 9.17) is 9.73 Å². The molecule has 1 unspecified atom stereocenters. The number of benzene rings is 1. The maximum Gasteiger partial charge on any atom is 0.305 e. The van der Waals surface area contributed by atoms with Gasteiger partial charge in [0.05, 0.1) is 32.9 Å². The van der Waals surface area contributed by atoms with Crippen LogP contribution in [0.25, 0.3) is 0 Å². The third-order valence-electron chi connectivity index (χ3n) is 5.34. The number of guanidine groups is 1. The fourth-order valence-corrected chi connectivity index (χ4v) is 3.58. The van der Waals surface area contributed by atoms with Crippen LogP contribution in [0.3, 0.4) is 0 Å². The standard InChI is InChI=1S/C23H37FN4O3.HI/c1-3-25-23(26-13-7-5-4-6-8-22(29)30-2)27-18-21(28-14-16-31-17-15-28)19-9-11-20(24)12-10-19;/h9-12,21H,3-8,13-18H2,1-2H3,(H2,25,26,27);1H. The topological polar surface area (TPSA) is 75.2 Å². The van der Waals surface area contributed by atoms with Crippen molar-refractivity contribution in [1.29, 1.82) is 0 Å². The summed E-state index contributed by atoms with van der Waals surface area (Å²) >= 11 is 0. The van der Waals surface area contributed by atoms with Gasteiger partial charge in [-0.2, -0.15) is 0 Å². The van der Waals surface area contributed by atoms with Crippen LogP contribution in [0, 0.1) is 5.82 Å². The van der Waals surface area contributed by atoms with Gasteiger partial charge in [-0.05, 0) is 37.5 Å². The second kappa shape index (κ2) is 17.1. The smallest absolute Gasteiger partial charge is 0.305 e. The van der Waals surface area contributed by atoms with Crippen LogP contribution in [0.5, 0.6) is 0 Å². The molecule has 9 heteroatoms. The molecule has 1 aliphatic heterocycles. The number of aliphatic imine (C=N–C) groups is 1. The molecule has 2 rings (SSSR count). The number of morpholine rings is 1. The Labute approximate surface area is 208 Å². The van der Waals surface area contributed by atoms with Gasteiger partial charge in [-0.25, -0.2) is 4.39 Å². The first-order valence-corrected chi connectivity index (χ1v) is 11.3. The summed E-state index contributed by atoms with van der Waals surface area (Å²) in [6.45, 7) is 7.32. The Balaban J connectivity index is 0.00000512. The molecule has 1 heterocycles. The minimum absolute atomic E-state index is 0. The molecule has 0 spiro atoms. The Morgan fingerprint density at radius 1 is 1.16 bits per heavy atom. The number of methoxy groups -OCH3 is 1. The second-order valence-corrected chi connectivity index (χ2v) is 7.60. The first-order chi connectivity index (χ1) is 15.1. The summed E-state index contributed by atoms with van der Waals surface area (Å²) in [7, 11) is 1.42. The number of nitrogens with one attached hydrogen (secondary N) is 2. The van der Waals surface area contributed by atoms with Gasteiger partial charge in [0.25, 0.3) is 0 Å². The number of nitrogens with zero attached hydrogens (tertiary/aromatic N) is 2. The molecule has 1 fully saturated rings. The first kappa shape index (κ1) is 28.6. The third-order valence-corrected chi connectivity index (χ3v) is 5.34. The lowest BCUT2D eigenvalue weighted by Gasteiger charge is -2.34. The fourth-order valence-electron chi connectivity index (χ4n) is 3.58. The molecule has 1 atom stereocenters. The van der Waals surface area contributed by atoms with Crippen LogP contribution >= 0.6 is 24.0 Å². The number of ether oxygens (including phenoxy) is 2. The van der Waals surface area contributed by atoms with Crippen molar-refractivity contribution in [3.63, 3.8) is 0 Å². The van der Waals surface area contributed by atoms with Crippen molar-refractivity contribution in [2.24, 2.45) is 4.99 Å². The predicted molar refractivity (Wildman–Crippen MR) is 136 cm³/mol. The summed E-state index contributed by atoms with van der Waals surface area (Å²) in [5, 5.41) is 6.70. The van der Waals surface area contributed by atoms with Crippen LogP contribution in [-0.4, -0.2) is 69.9 Å². The number of rotatable bonds is 12. The summed E-state index contributed by atoms with van der Waals surface area (Å²) < 4.78 is 23.6. The van der Waals surface area contributed by atoms with Gasteiger partial charge < -0.3 is 20.1 Å². The van der Waals surface area contributed by atoms with Crippen LogP contribution in [0.4, 0.5) is 4.39 Å². The number of esters is 1. The summed E-state index contributed by atoms with van der Waals surface area (Å²) in [4.78, 5) is 18.3. The molecule has 32 heavy (non-hydrogen) atoms. The maximum atomic E-state index is 13.4. The van der Waals surface area contributed by atoms with E-state index in [1.165, 1.54) is 19.2 Å². The Hall–Kier alpha value is -1.46. The van der Waals surface area contributed by atoms with E-state index in [0.717, 1.165) is 63.4 Å². The summed E-state index contributed by atoms with van der Waals surface area (Å²) in [6, 6.07) is 6.80. The molecule has 0 bridgehead atoms. The van der Waals surface area contributed by atoms with Gasteiger partial charge in [-0.15, -0.1) is 24.0 Å². The average Bonchev–Trinajstić information content (AvgIpc) is 2.80. The van der Waals surface area contributed by atoms with Gasteiger partial charge in [0.2, 0.25) is 0 Å². The summed E-state index contributed by atoms with van der Waals surface area (Å²) in [5.41, 5.74) is 1.06. The van der Waals surface area contributed by atoms with Gasteiger partial charge in [0.1, 0.15) is 5.82 Å². The van der Waals surface area contributed by atoms with Gasteiger partial charge in [0, 0.05) is 32.6 Å². The van der Waals surface area contributed by atoms with Crippen molar-refractivity contribution >= 4 is 35.9 Å². The zero-order valence-electron chi connectivity index (χ0n) is 19.3. The summed E-state index contributed by atoms with van der Waals surface area (Å²) in [6.07, 6.45) is 4.42. The number of carbonyl (C=O) groups is 1. The van der Waals surface area contributed by atoms with Crippen molar-refractivity contribution in [3.8, 4) is 0 Å². The number of carbonyl (C=O) groups excluding carboxylic acids is 1. The van der Waals surface area contributed by atoms with E-state index in [1.807, 2.05) is 19.1 Å². The Bertz CT molecular complexity index is 670. The van der Waals surface area contributed by atoms with Gasteiger partial charge in [-0.1, -0.05) is 25.0 Å². The molecular weight excluding hydrogens is 526 g/mol. The number of hydrogen-bond acceptors (Lipinski definition) is 5. The molecule has 0 radical (unpaired) electrons. The highest BCUT2D eigenvalue weighted by Gasteiger charge is 2.22. The number of halogens is 2. The first-order valence-electron chi connectivity index (χ1n) is 11.3. The lowest BCUT2D eigenvalue weighted by atomic mass is 10.0. The zero-order chi connectivity index (χ0) is 22.3. The highest BCUT2D eigenvalue weighted by molar-refractivity contribution is 14.0. The molecule has 1 aromatic carbocycles. The van der Waals surface area contributed by atoms with E-state index in [0.29, 0.717) is 26.2 Å². The molecule has 1 saturated heterocycles. The van der Waals surface area contributed by atoms with Gasteiger partial charge >= 0.3 is 5.97 Å². The minimum atomic E-state index is -0.227. The average molecular weight is 564 g/mol. The number of unbranched alkanes of at least 4 members (excludes halogenated alkanes) is 3. The summed E-state index contributed by atoms with van der Waals surface area (Å²) in [5.74, 6) is 0.419. The SMILES string of the molecule is CCNC(=NCC(c1ccc(F)cc1)N1CCOCC1)NCCCCCCC(=O)OC.I. The van der Waals surface area contributed by atoms with Crippen LogP contribution in [-0.2, 0) is 14.3 Å². The van der Waals surface area contributed by atoms with Crippen molar-refractivity contribution in [3.05, 3.63) is 35.6 Å². The fraction of sp³-hybridized carbons (Fsp3) is 0.652. The molecule has 7 nitrogen and oxygen atoms in total. The van der Waals surface area contributed by atoms with Crippen LogP contribution < -0.4 is 10.6 Å². The van der Waals surface area contributed by atoms with Crippen molar-refractivity contribution < 1.29 is 18.7 Å². The predicted octanol–water partition coefficient (Wildman–Crippen LogP) is 3.50. The molecule has 0 saturated carbocycles. The Morgan fingerprint density at radius 3 is 2.50 bits per heavy atom. The van der Waals surface area contributed by atoms with Crippen molar-refractivity contribution in [1.82, 2.24) is 15.5 Å². The van der Waals surface area contributed by atoms with E-state index in [2.05, 4.69) is 20.3 Å². The lowest BCUT2D eigenvalue weighted by molar-refractivity contribution is -0.140. The number of hydrogen-bond donors (Lipinski definition) is 2. The zero-order valence-corrected chi connectivity index (χ0v) is 21.6. The lowest BCUT2D eigenvalue weighted by Crippen LogP contribution is -2.42. The molecular formula is C23H38FIN4O3. The molecule has 2 N–H and O–H groups in total. The van der Waals surface area contributed by atoms with Crippen LogP contribution in [0.2, 0.25) is 0 Å². The third kappa shape index (κ3) is 10.9. The van der Waals surface area contributed by atoms with Gasteiger partial charge in [-0.3, -0.25) is 14.7 Å². The highest BCUT2D eigenvalue weighted by Crippen LogP contribution is 2.22. The van der Waals surface area contributed by atoms with Crippen molar-refractivity contribution in [2.75, 3.05) is 53.0 Å². The molecule has 182 valence electrons. The van der Waals surface area contributed by atoms with Crippen molar-refractivity contribution in [2.45, 2.75) is 45.1 Å². The second-order valence-electron chi connectivity index (χ2n) is 7.60. The van der Waals surface area contributed by atoms with E-state index in [-0.39, 0.29) is 41.8 Å². The highest BCUT2D eigenvalue weighted by atomic mass is 127. The van der Waals surface area contributed by atoms with E-state index in [9.17, 15) is 9.18 Å². The monoisotopic (exact) mass is 564 g/mol. The van der Waals surface area contributed by atoms with E-state index in [1.54, 1.807) is 0 Å². The van der Waals surface area contributed by atoms with E-state index < -0.39 is 0 Å². The van der Waals surface area contributed by atoms with Crippen LogP contribution in [0.15, 0.2) is 29.3 Å². The Kier molecular flexibility index (Phi) is 15.2. The maximum absolute atomic E-state index is 13.4. The normalized spacial score (nSPS) is 15.5. The van der Waals surface area contributed by atoms with Crippen LogP contribution in [0.1, 0.15) is 50.6 Å². The molecule has 0 aromatic heterocycles. The minimum Gasteiger partial charge on any atom is -0.469 e. The largest absolute Gasteiger partial charge is 0.469 e. The van der Waals surface area contributed by atoms with E-state index >= 15 is 0 Å².